The van der Waals surface area contributed by atoms with E-state index in [4.69, 9.17) is 4.74 Å². The van der Waals surface area contributed by atoms with Gasteiger partial charge in [0.15, 0.2) is 0 Å². The fourth-order valence-electron chi connectivity index (χ4n) is 2.36. The summed E-state index contributed by atoms with van der Waals surface area (Å²) in [5.74, 6) is -2.42. The first-order valence-corrected chi connectivity index (χ1v) is 9.26. The normalized spacial score (nSPS) is 14.0. The van der Waals surface area contributed by atoms with Crippen LogP contribution in [0.4, 0.5) is 0 Å². The Bertz CT molecular complexity index is 728. The van der Waals surface area contributed by atoms with Crippen LogP contribution in [0.3, 0.4) is 0 Å². The number of carbonyl (C=O) groups excluding carboxylic acids is 4. The van der Waals surface area contributed by atoms with Crippen molar-refractivity contribution in [3.63, 3.8) is 0 Å². The summed E-state index contributed by atoms with van der Waals surface area (Å²) in [7, 11) is 0. The molecule has 1 aliphatic rings. The lowest BCUT2D eigenvalue weighted by Gasteiger charge is -2.21. The number of nitrogens with one attached hydrogen (secondary N) is 4. The lowest BCUT2D eigenvalue weighted by atomic mass is 10.0. The lowest BCUT2D eigenvalue weighted by molar-refractivity contribution is -0.141. The van der Waals surface area contributed by atoms with Crippen molar-refractivity contribution in [1.29, 1.82) is 0 Å². The third-order valence-corrected chi connectivity index (χ3v) is 4.08. The molecular formula is C19H26N4O5. The number of ether oxygens (including phenoxy) is 1. The minimum absolute atomic E-state index is 0.0331. The third kappa shape index (κ3) is 6.26. The SMILES string of the molecule is CCOc1ccc(C(=O)N[C@H](C(=O)NNC(=O)C(=O)NC2CC2)C(C)C)cc1. The van der Waals surface area contributed by atoms with Gasteiger partial charge in [0, 0.05) is 11.6 Å². The highest BCUT2D eigenvalue weighted by atomic mass is 16.5. The van der Waals surface area contributed by atoms with E-state index in [1.54, 1.807) is 38.1 Å². The molecule has 1 atom stereocenters. The Morgan fingerprint density at radius 2 is 1.68 bits per heavy atom. The van der Waals surface area contributed by atoms with Crippen LogP contribution in [0.15, 0.2) is 24.3 Å². The van der Waals surface area contributed by atoms with Crippen LogP contribution in [0.1, 0.15) is 44.0 Å². The van der Waals surface area contributed by atoms with Crippen molar-refractivity contribution in [1.82, 2.24) is 21.5 Å². The monoisotopic (exact) mass is 390 g/mol. The van der Waals surface area contributed by atoms with Crippen molar-refractivity contribution in [2.24, 2.45) is 5.92 Å². The summed E-state index contributed by atoms with van der Waals surface area (Å²) in [6.45, 7) is 5.89. The van der Waals surface area contributed by atoms with Crippen molar-refractivity contribution in [3.8, 4) is 5.75 Å². The predicted molar refractivity (Wildman–Crippen MR) is 101 cm³/mol. The molecule has 1 aromatic rings. The molecule has 0 unspecified atom stereocenters. The predicted octanol–water partition coefficient (Wildman–Crippen LogP) is 0.266. The number of carbonyl (C=O) groups is 4. The van der Waals surface area contributed by atoms with Crippen LogP contribution in [-0.2, 0) is 14.4 Å². The average molecular weight is 390 g/mol. The minimum Gasteiger partial charge on any atom is -0.494 e. The average Bonchev–Trinajstić information content (AvgIpc) is 3.48. The van der Waals surface area contributed by atoms with Gasteiger partial charge in [0.2, 0.25) is 0 Å². The summed E-state index contributed by atoms with van der Waals surface area (Å²) >= 11 is 0. The van der Waals surface area contributed by atoms with Gasteiger partial charge in [-0.05, 0) is 49.9 Å². The van der Waals surface area contributed by atoms with Crippen molar-refractivity contribution in [2.45, 2.75) is 45.7 Å². The molecule has 0 radical (unpaired) electrons. The van der Waals surface area contributed by atoms with Gasteiger partial charge in [-0.1, -0.05) is 13.8 Å². The Labute approximate surface area is 163 Å². The molecule has 1 aromatic carbocycles. The molecule has 0 heterocycles. The highest BCUT2D eigenvalue weighted by molar-refractivity contribution is 6.35. The zero-order chi connectivity index (χ0) is 20.7. The lowest BCUT2D eigenvalue weighted by Crippen LogP contribution is -2.56. The summed E-state index contributed by atoms with van der Waals surface area (Å²) in [4.78, 5) is 48.1. The van der Waals surface area contributed by atoms with Gasteiger partial charge in [0.05, 0.1) is 6.61 Å². The maximum atomic E-state index is 12.4. The fraction of sp³-hybridized carbons (Fsp3) is 0.474. The Balaban J connectivity index is 1.89. The van der Waals surface area contributed by atoms with E-state index < -0.39 is 29.7 Å². The molecule has 28 heavy (non-hydrogen) atoms. The second kappa shape index (κ2) is 9.72. The van der Waals surface area contributed by atoms with Crippen LogP contribution in [0.2, 0.25) is 0 Å². The zero-order valence-electron chi connectivity index (χ0n) is 16.2. The summed E-state index contributed by atoms with van der Waals surface area (Å²) in [5.41, 5.74) is 4.62. The van der Waals surface area contributed by atoms with E-state index >= 15 is 0 Å². The van der Waals surface area contributed by atoms with E-state index in [0.717, 1.165) is 12.8 Å². The van der Waals surface area contributed by atoms with Crippen LogP contribution >= 0.6 is 0 Å². The van der Waals surface area contributed by atoms with Gasteiger partial charge < -0.3 is 15.4 Å². The van der Waals surface area contributed by atoms with Crippen molar-refractivity contribution < 1.29 is 23.9 Å². The maximum absolute atomic E-state index is 12.4. The summed E-state index contributed by atoms with van der Waals surface area (Å²) < 4.78 is 5.33. The van der Waals surface area contributed by atoms with Crippen LogP contribution in [0, 0.1) is 5.92 Å². The third-order valence-electron chi connectivity index (χ3n) is 4.08. The molecule has 0 saturated heterocycles. The number of hydrazine groups is 1. The van der Waals surface area contributed by atoms with Gasteiger partial charge in [0.1, 0.15) is 11.8 Å². The molecule has 1 fully saturated rings. The molecule has 0 bridgehead atoms. The van der Waals surface area contributed by atoms with Crippen LogP contribution in [0.25, 0.3) is 0 Å². The smallest absolute Gasteiger partial charge is 0.327 e. The van der Waals surface area contributed by atoms with Gasteiger partial charge in [0.25, 0.3) is 11.8 Å². The second-order valence-electron chi connectivity index (χ2n) is 6.84. The molecule has 4 amide bonds. The molecule has 0 aliphatic heterocycles. The van der Waals surface area contributed by atoms with Crippen LogP contribution in [0.5, 0.6) is 5.75 Å². The second-order valence-corrected chi connectivity index (χ2v) is 6.84. The van der Waals surface area contributed by atoms with Gasteiger partial charge in [-0.2, -0.15) is 0 Å². The van der Waals surface area contributed by atoms with E-state index in [-0.39, 0.29) is 12.0 Å². The van der Waals surface area contributed by atoms with E-state index in [2.05, 4.69) is 21.5 Å². The highest BCUT2D eigenvalue weighted by Crippen LogP contribution is 2.18. The topological polar surface area (TPSA) is 126 Å². The number of hydrogen-bond donors (Lipinski definition) is 4. The molecule has 0 spiro atoms. The molecule has 1 aliphatic carbocycles. The van der Waals surface area contributed by atoms with E-state index in [1.165, 1.54) is 0 Å². The fourth-order valence-corrected chi connectivity index (χ4v) is 2.36. The van der Waals surface area contributed by atoms with Gasteiger partial charge in [-0.25, -0.2) is 0 Å². The van der Waals surface area contributed by atoms with E-state index in [1.807, 2.05) is 6.92 Å². The first-order chi connectivity index (χ1) is 13.3. The van der Waals surface area contributed by atoms with Crippen molar-refractivity contribution in [2.75, 3.05) is 6.61 Å². The summed E-state index contributed by atoms with van der Waals surface area (Å²) in [5, 5.41) is 5.15. The minimum atomic E-state index is -0.958. The van der Waals surface area contributed by atoms with Crippen LogP contribution in [-0.4, -0.2) is 42.3 Å². The van der Waals surface area contributed by atoms with E-state index in [0.29, 0.717) is 17.9 Å². The van der Waals surface area contributed by atoms with Crippen molar-refractivity contribution >= 4 is 23.6 Å². The molecule has 0 aromatic heterocycles. The Kier molecular flexibility index (Phi) is 7.36. The Morgan fingerprint density at radius 1 is 1.04 bits per heavy atom. The number of benzene rings is 1. The van der Waals surface area contributed by atoms with Crippen LogP contribution < -0.4 is 26.2 Å². The zero-order valence-corrected chi connectivity index (χ0v) is 16.2. The molecule has 1 saturated carbocycles. The number of rotatable bonds is 7. The molecular weight excluding hydrogens is 364 g/mol. The Hall–Kier alpha value is -3.10. The highest BCUT2D eigenvalue weighted by Gasteiger charge is 2.28. The molecule has 9 heteroatoms. The maximum Gasteiger partial charge on any atom is 0.327 e. The van der Waals surface area contributed by atoms with Gasteiger partial charge in [-0.15, -0.1) is 0 Å². The van der Waals surface area contributed by atoms with Crippen molar-refractivity contribution in [3.05, 3.63) is 29.8 Å². The first-order valence-electron chi connectivity index (χ1n) is 9.26. The molecule has 9 nitrogen and oxygen atoms in total. The molecule has 2 rings (SSSR count). The molecule has 152 valence electrons. The van der Waals surface area contributed by atoms with Gasteiger partial charge >= 0.3 is 11.8 Å². The largest absolute Gasteiger partial charge is 0.494 e. The molecule has 4 N–H and O–H groups in total. The standard InChI is InChI=1S/C19H26N4O5/c1-4-28-14-9-5-12(6-10-14)16(24)21-15(11(2)3)17(25)22-23-19(27)18(26)20-13-7-8-13/h5-6,9-11,13,15H,4,7-8H2,1-3H3,(H,20,26)(H,21,24)(H,22,25)(H,23,27)/t15-/m0/s1. The summed E-state index contributed by atoms with van der Waals surface area (Å²) in [6, 6.07) is 5.67. The van der Waals surface area contributed by atoms with Gasteiger partial charge in [-0.3, -0.25) is 30.0 Å². The number of hydrogen-bond acceptors (Lipinski definition) is 5. The number of amides is 4. The quantitative estimate of drug-likeness (QED) is 0.393. The Morgan fingerprint density at radius 3 is 2.21 bits per heavy atom. The summed E-state index contributed by atoms with van der Waals surface area (Å²) in [6.07, 6.45) is 1.69. The first kappa shape index (κ1) is 21.2. The van der Waals surface area contributed by atoms with E-state index in [9.17, 15) is 19.2 Å².